The zero-order chi connectivity index (χ0) is 16.3. The standard InChI is InChI=1S/C19H20FNO2/c1-23-17-8-6-14(7-9-17)13-21-18(22)19(10-3-11-19)15-4-2-5-16(20)12-15/h2,4-9,12H,3,10-11,13H2,1H3,(H,21,22). The number of nitrogens with one attached hydrogen (secondary N) is 1. The van der Waals surface area contributed by atoms with Gasteiger partial charge in [-0.1, -0.05) is 30.7 Å². The van der Waals surface area contributed by atoms with E-state index in [4.69, 9.17) is 4.74 Å². The minimum atomic E-state index is -0.575. The van der Waals surface area contributed by atoms with Gasteiger partial charge in [-0.15, -0.1) is 0 Å². The fourth-order valence-electron chi connectivity index (χ4n) is 3.06. The summed E-state index contributed by atoms with van der Waals surface area (Å²) in [6, 6.07) is 14.0. The van der Waals surface area contributed by atoms with Crippen molar-refractivity contribution in [3.63, 3.8) is 0 Å². The van der Waals surface area contributed by atoms with Gasteiger partial charge < -0.3 is 10.1 Å². The second-order valence-electron chi connectivity index (χ2n) is 5.98. The van der Waals surface area contributed by atoms with Crippen LogP contribution in [-0.2, 0) is 16.8 Å². The van der Waals surface area contributed by atoms with Crippen molar-refractivity contribution in [1.29, 1.82) is 0 Å². The minimum Gasteiger partial charge on any atom is -0.497 e. The van der Waals surface area contributed by atoms with Gasteiger partial charge in [0.1, 0.15) is 11.6 Å². The van der Waals surface area contributed by atoms with Crippen molar-refractivity contribution in [2.24, 2.45) is 0 Å². The highest BCUT2D eigenvalue weighted by atomic mass is 19.1. The third-order valence-electron chi connectivity index (χ3n) is 4.63. The number of rotatable bonds is 5. The monoisotopic (exact) mass is 313 g/mol. The fourth-order valence-corrected chi connectivity index (χ4v) is 3.06. The lowest BCUT2D eigenvalue weighted by molar-refractivity contribution is -0.130. The number of methoxy groups -OCH3 is 1. The minimum absolute atomic E-state index is 0.0230. The summed E-state index contributed by atoms with van der Waals surface area (Å²) in [5, 5.41) is 2.99. The van der Waals surface area contributed by atoms with Crippen molar-refractivity contribution in [3.8, 4) is 5.75 Å². The highest BCUT2D eigenvalue weighted by Gasteiger charge is 2.45. The molecule has 1 saturated carbocycles. The molecule has 1 aliphatic carbocycles. The van der Waals surface area contributed by atoms with Gasteiger partial charge in [0.2, 0.25) is 5.91 Å². The van der Waals surface area contributed by atoms with Gasteiger partial charge in [-0.2, -0.15) is 0 Å². The number of carbonyl (C=O) groups is 1. The predicted molar refractivity (Wildman–Crippen MR) is 86.8 cm³/mol. The molecule has 1 amide bonds. The van der Waals surface area contributed by atoms with Crippen molar-refractivity contribution in [3.05, 3.63) is 65.5 Å². The van der Waals surface area contributed by atoms with Gasteiger partial charge in [-0.05, 0) is 48.2 Å². The molecule has 3 nitrogen and oxygen atoms in total. The molecule has 23 heavy (non-hydrogen) atoms. The van der Waals surface area contributed by atoms with E-state index >= 15 is 0 Å². The number of hydrogen-bond acceptors (Lipinski definition) is 2. The molecule has 1 fully saturated rings. The SMILES string of the molecule is COc1ccc(CNC(=O)C2(c3cccc(F)c3)CCC2)cc1. The third kappa shape index (κ3) is 3.07. The van der Waals surface area contributed by atoms with E-state index < -0.39 is 5.41 Å². The molecule has 0 atom stereocenters. The maximum atomic E-state index is 13.5. The molecule has 0 radical (unpaired) electrons. The first-order chi connectivity index (χ1) is 11.1. The molecule has 0 saturated heterocycles. The second kappa shape index (κ2) is 6.41. The van der Waals surface area contributed by atoms with Gasteiger partial charge in [0.25, 0.3) is 0 Å². The van der Waals surface area contributed by atoms with Gasteiger partial charge in [-0.3, -0.25) is 4.79 Å². The molecule has 120 valence electrons. The summed E-state index contributed by atoms with van der Waals surface area (Å²) in [7, 11) is 1.62. The average molecular weight is 313 g/mol. The maximum Gasteiger partial charge on any atom is 0.230 e. The summed E-state index contributed by atoms with van der Waals surface area (Å²) in [5.74, 6) is 0.470. The lowest BCUT2D eigenvalue weighted by Gasteiger charge is -2.40. The molecule has 3 rings (SSSR count). The fraction of sp³-hybridized carbons (Fsp3) is 0.316. The van der Waals surface area contributed by atoms with Crippen LogP contribution in [0.15, 0.2) is 48.5 Å². The number of halogens is 1. The van der Waals surface area contributed by atoms with Gasteiger partial charge >= 0.3 is 0 Å². The molecule has 0 bridgehead atoms. The molecule has 2 aromatic rings. The summed E-state index contributed by atoms with van der Waals surface area (Å²) >= 11 is 0. The molecule has 2 aromatic carbocycles. The maximum absolute atomic E-state index is 13.5. The third-order valence-corrected chi connectivity index (χ3v) is 4.63. The van der Waals surface area contributed by atoms with E-state index in [1.807, 2.05) is 30.3 Å². The van der Waals surface area contributed by atoms with Crippen LogP contribution >= 0.6 is 0 Å². The summed E-state index contributed by atoms with van der Waals surface area (Å²) in [6.45, 7) is 0.458. The molecule has 0 aromatic heterocycles. The molecule has 0 spiro atoms. The van der Waals surface area contributed by atoms with Crippen LogP contribution in [0.5, 0.6) is 5.75 Å². The molecule has 4 heteroatoms. The Morgan fingerprint density at radius 2 is 1.96 bits per heavy atom. The molecule has 1 aliphatic rings. The number of benzene rings is 2. The van der Waals surface area contributed by atoms with Crippen LogP contribution in [0.2, 0.25) is 0 Å². The Morgan fingerprint density at radius 1 is 1.22 bits per heavy atom. The van der Waals surface area contributed by atoms with Crippen LogP contribution < -0.4 is 10.1 Å². The summed E-state index contributed by atoms with van der Waals surface area (Å²) in [5.41, 5.74) is 1.21. The lowest BCUT2D eigenvalue weighted by atomic mass is 9.64. The zero-order valence-electron chi connectivity index (χ0n) is 13.1. The Labute approximate surface area is 135 Å². The summed E-state index contributed by atoms with van der Waals surface area (Å²) < 4.78 is 18.6. The van der Waals surface area contributed by atoms with E-state index in [-0.39, 0.29) is 11.7 Å². The van der Waals surface area contributed by atoms with Crippen LogP contribution in [-0.4, -0.2) is 13.0 Å². The van der Waals surface area contributed by atoms with Gasteiger partial charge in [-0.25, -0.2) is 4.39 Å². The van der Waals surface area contributed by atoms with E-state index in [1.54, 1.807) is 13.2 Å². The number of carbonyl (C=O) groups excluding carboxylic acids is 1. The Balaban J connectivity index is 1.70. The van der Waals surface area contributed by atoms with Crippen LogP contribution in [0.1, 0.15) is 30.4 Å². The van der Waals surface area contributed by atoms with Crippen LogP contribution in [0, 0.1) is 5.82 Å². The first kappa shape index (κ1) is 15.5. The molecular formula is C19H20FNO2. The van der Waals surface area contributed by atoms with Crippen molar-refractivity contribution >= 4 is 5.91 Å². The van der Waals surface area contributed by atoms with E-state index in [2.05, 4.69) is 5.32 Å². The lowest BCUT2D eigenvalue weighted by Crippen LogP contribution is -2.49. The molecule has 0 unspecified atom stereocenters. The summed E-state index contributed by atoms with van der Waals surface area (Å²) in [4.78, 5) is 12.7. The van der Waals surface area contributed by atoms with Gasteiger partial charge in [0.15, 0.2) is 0 Å². The van der Waals surface area contributed by atoms with Crippen molar-refractivity contribution in [1.82, 2.24) is 5.32 Å². The van der Waals surface area contributed by atoms with Crippen LogP contribution in [0.4, 0.5) is 4.39 Å². The number of amides is 1. The first-order valence-electron chi connectivity index (χ1n) is 7.81. The van der Waals surface area contributed by atoms with Crippen LogP contribution in [0.3, 0.4) is 0 Å². The predicted octanol–water partition coefficient (Wildman–Crippen LogP) is 3.57. The largest absolute Gasteiger partial charge is 0.497 e. The second-order valence-corrected chi connectivity index (χ2v) is 5.98. The Bertz CT molecular complexity index is 693. The quantitative estimate of drug-likeness (QED) is 0.916. The van der Waals surface area contributed by atoms with Crippen LogP contribution in [0.25, 0.3) is 0 Å². The van der Waals surface area contributed by atoms with E-state index in [1.165, 1.54) is 12.1 Å². The van der Waals surface area contributed by atoms with Crippen molar-refractivity contribution in [2.75, 3.05) is 7.11 Å². The average Bonchev–Trinajstić information content (AvgIpc) is 2.52. The smallest absolute Gasteiger partial charge is 0.230 e. The van der Waals surface area contributed by atoms with Gasteiger partial charge in [0, 0.05) is 6.54 Å². The number of hydrogen-bond donors (Lipinski definition) is 1. The van der Waals surface area contributed by atoms with E-state index in [9.17, 15) is 9.18 Å². The topological polar surface area (TPSA) is 38.3 Å². The highest BCUT2D eigenvalue weighted by Crippen LogP contribution is 2.44. The molecule has 0 heterocycles. The summed E-state index contributed by atoms with van der Waals surface area (Å²) in [6.07, 6.45) is 2.53. The zero-order valence-corrected chi connectivity index (χ0v) is 13.1. The van der Waals surface area contributed by atoms with Crippen molar-refractivity contribution < 1.29 is 13.9 Å². The molecule has 1 N–H and O–H groups in total. The highest BCUT2D eigenvalue weighted by molar-refractivity contribution is 5.89. The Kier molecular flexibility index (Phi) is 4.33. The van der Waals surface area contributed by atoms with E-state index in [0.29, 0.717) is 6.54 Å². The van der Waals surface area contributed by atoms with Gasteiger partial charge in [0.05, 0.1) is 12.5 Å². The number of ether oxygens (including phenoxy) is 1. The molecule has 0 aliphatic heterocycles. The normalized spacial score (nSPS) is 15.6. The Hall–Kier alpha value is -2.36. The Morgan fingerprint density at radius 3 is 2.52 bits per heavy atom. The first-order valence-corrected chi connectivity index (χ1v) is 7.81. The molecular weight excluding hydrogens is 293 g/mol. The van der Waals surface area contributed by atoms with Crippen molar-refractivity contribution in [2.45, 2.75) is 31.2 Å². The van der Waals surface area contributed by atoms with E-state index in [0.717, 1.165) is 36.1 Å².